The number of fused-ring (bicyclic) bond motifs is 1. The Bertz CT molecular complexity index is 938. The van der Waals surface area contributed by atoms with Gasteiger partial charge in [0.25, 0.3) is 0 Å². The van der Waals surface area contributed by atoms with Crippen LogP contribution in [0.4, 0.5) is 0 Å². The predicted molar refractivity (Wildman–Crippen MR) is 98.3 cm³/mol. The van der Waals surface area contributed by atoms with Gasteiger partial charge in [0.05, 0.1) is 0 Å². The lowest BCUT2D eigenvalue weighted by Crippen LogP contribution is -2.23. The van der Waals surface area contributed by atoms with E-state index >= 15 is 0 Å². The molecule has 0 aliphatic heterocycles. The first kappa shape index (κ1) is 16.7. The van der Waals surface area contributed by atoms with Crippen LogP contribution >= 0.6 is 0 Å². The molecule has 0 radical (unpaired) electrons. The second kappa shape index (κ2) is 7.18. The number of carbonyl (C=O) groups is 2. The molecule has 0 fully saturated rings. The maximum Gasteiger partial charge on any atom is 0.331 e. The van der Waals surface area contributed by atoms with Crippen LogP contribution in [0.25, 0.3) is 16.5 Å². The van der Waals surface area contributed by atoms with Gasteiger partial charge in [0, 0.05) is 28.7 Å². The van der Waals surface area contributed by atoms with Crippen molar-refractivity contribution in [3.05, 3.63) is 78.0 Å². The van der Waals surface area contributed by atoms with Gasteiger partial charge in [0.15, 0.2) is 6.10 Å². The van der Waals surface area contributed by atoms with E-state index in [2.05, 4.69) is 4.98 Å². The lowest BCUT2D eigenvalue weighted by atomic mass is 10.1. The van der Waals surface area contributed by atoms with E-state index in [0.29, 0.717) is 5.56 Å². The number of benzene rings is 2. The normalized spacial score (nSPS) is 12.8. The Morgan fingerprint density at radius 1 is 1.04 bits per heavy atom. The number of aromatic amines is 1. The molecule has 0 aliphatic rings. The summed E-state index contributed by atoms with van der Waals surface area (Å²) >= 11 is 0. The molecule has 1 aromatic heterocycles. The number of H-pyrrole nitrogens is 1. The number of Topliss-reactive ketones (excluding diaryl/α,β-unsaturated/α-hetero) is 1. The van der Waals surface area contributed by atoms with Crippen molar-refractivity contribution < 1.29 is 14.3 Å². The van der Waals surface area contributed by atoms with Crippen molar-refractivity contribution in [3.8, 4) is 0 Å². The largest absolute Gasteiger partial charge is 0.451 e. The SMILES string of the molecule is CC(=CC(=O)OC(C)C(=O)c1c[nH]c2ccccc12)c1ccccc1. The van der Waals surface area contributed by atoms with Crippen LogP contribution in [-0.2, 0) is 9.53 Å². The molecule has 2 aromatic carbocycles. The summed E-state index contributed by atoms with van der Waals surface area (Å²) in [4.78, 5) is 27.8. The smallest absolute Gasteiger partial charge is 0.331 e. The number of allylic oxidation sites excluding steroid dienone is 1. The quantitative estimate of drug-likeness (QED) is 0.428. The van der Waals surface area contributed by atoms with Crippen molar-refractivity contribution in [1.82, 2.24) is 4.98 Å². The Balaban J connectivity index is 1.72. The highest BCUT2D eigenvalue weighted by Crippen LogP contribution is 2.20. The van der Waals surface area contributed by atoms with Gasteiger partial charge >= 0.3 is 5.97 Å². The summed E-state index contributed by atoms with van der Waals surface area (Å²) in [5.41, 5.74) is 3.14. The molecule has 4 nitrogen and oxygen atoms in total. The zero-order valence-electron chi connectivity index (χ0n) is 14.2. The number of nitrogens with one attached hydrogen (secondary N) is 1. The number of ether oxygens (including phenoxy) is 1. The third-order valence-electron chi connectivity index (χ3n) is 4.08. The zero-order chi connectivity index (χ0) is 17.8. The second-order valence-corrected chi connectivity index (χ2v) is 5.88. The first-order valence-corrected chi connectivity index (χ1v) is 8.11. The molecule has 0 aliphatic carbocycles. The fourth-order valence-electron chi connectivity index (χ4n) is 2.72. The molecule has 4 heteroatoms. The number of aromatic nitrogens is 1. The highest BCUT2D eigenvalue weighted by Gasteiger charge is 2.21. The Labute approximate surface area is 146 Å². The second-order valence-electron chi connectivity index (χ2n) is 5.88. The fraction of sp³-hybridized carbons (Fsp3) is 0.143. The van der Waals surface area contributed by atoms with Crippen LogP contribution in [0, 0.1) is 0 Å². The van der Waals surface area contributed by atoms with E-state index in [9.17, 15) is 9.59 Å². The minimum absolute atomic E-state index is 0.225. The third-order valence-corrected chi connectivity index (χ3v) is 4.08. The summed E-state index contributed by atoms with van der Waals surface area (Å²) < 4.78 is 5.30. The lowest BCUT2D eigenvalue weighted by Gasteiger charge is -2.11. The van der Waals surface area contributed by atoms with Gasteiger partial charge in [-0.15, -0.1) is 0 Å². The zero-order valence-corrected chi connectivity index (χ0v) is 14.2. The maximum atomic E-state index is 12.6. The van der Waals surface area contributed by atoms with E-state index in [4.69, 9.17) is 4.74 Å². The van der Waals surface area contributed by atoms with Crippen LogP contribution in [0.1, 0.15) is 29.8 Å². The van der Waals surface area contributed by atoms with Crippen molar-refractivity contribution in [1.29, 1.82) is 0 Å². The minimum Gasteiger partial charge on any atom is -0.451 e. The highest BCUT2D eigenvalue weighted by molar-refractivity contribution is 6.10. The molecular formula is C21H19NO3. The summed E-state index contributed by atoms with van der Waals surface area (Å²) in [6.07, 6.45) is 2.21. The van der Waals surface area contributed by atoms with Gasteiger partial charge in [-0.2, -0.15) is 0 Å². The van der Waals surface area contributed by atoms with Crippen LogP contribution in [0.3, 0.4) is 0 Å². The average molecular weight is 333 g/mol. The van der Waals surface area contributed by atoms with E-state index in [-0.39, 0.29) is 5.78 Å². The molecule has 3 aromatic rings. The number of rotatable bonds is 5. The molecule has 1 N–H and O–H groups in total. The minimum atomic E-state index is -0.855. The van der Waals surface area contributed by atoms with Gasteiger partial charge in [0.1, 0.15) is 0 Å². The van der Waals surface area contributed by atoms with E-state index < -0.39 is 12.1 Å². The molecule has 0 saturated carbocycles. The number of hydrogen-bond acceptors (Lipinski definition) is 3. The van der Waals surface area contributed by atoms with Crippen molar-refractivity contribution in [2.24, 2.45) is 0 Å². The van der Waals surface area contributed by atoms with Gasteiger partial charge in [-0.05, 0) is 31.1 Å². The number of esters is 1. The molecule has 3 rings (SSSR count). The highest BCUT2D eigenvalue weighted by atomic mass is 16.5. The van der Waals surface area contributed by atoms with Crippen LogP contribution in [0.2, 0.25) is 0 Å². The molecular weight excluding hydrogens is 314 g/mol. The van der Waals surface area contributed by atoms with E-state index in [1.54, 1.807) is 13.1 Å². The number of para-hydroxylation sites is 1. The first-order valence-electron chi connectivity index (χ1n) is 8.11. The molecule has 1 unspecified atom stereocenters. The lowest BCUT2D eigenvalue weighted by molar-refractivity contribution is -0.140. The number of hydrogen-bond donors (Lipinski definition) is 1. The van der Waals surface area contributed by atoms with Gasteiger partial charge < -0.3 is 9.72 Å². The van der Waals surface area contributed by atoms with E-state index in [0.717, 1.165) is 22.0 Å². The Hall–Kier alpha value is -3.14. The summed E-state index contributed by atoms with van der Waals surface area (Å²) in [6, 6.07) is 17.1. The molecule has 0 amide bonds. The van der Waals surface area contributed by atoms with Crippen molar-refractivity contribution >= 4 is 28.2 Å². The summed E-state index contributed by atoms with van der Waals surface area (Å²) in [5.74, 6) is -0.751. The van der Waals surface area contributed by atoms with Gasteiger partial charge in [0.2, 0.25) is 5.78 Å². The van der Waals surface area contributed by atoms with Crippen LogP contribution in [0.5, 0.6) is 0 Å². The van der Waals surface area contributed by atoms with Crippen molar-refractivity contribution in [3.63, 3.8) is 0 Å². The Morgan fingerprint density at radius 3 is 2.48 bits per heavy atom. The summed E-state index contributed by atoms with van der Waals surface area (Å²) in [6.45, 7) is 3.43. The third kappa shape index (κ3) is 3.69. The maximum absolute atomic E-state index is 12.6. The molecule has 25 heavy (non-hydrogen) atoms. The van der Waals surface area contributed by atoms with Crippen molar-refractivity contribution in [2.75, 3.05) is 0 Å². The van der Waals surface area contributed by atoms with E-state index in [1.807, 2.05) is 61.5 Å². The number of carbonyl (C=O) groups excluding carboxylic acids is 2. The standard InChI is InChI=1S/C21H19NO3/c1-14(16-8-4-3-5-9-16)12-20(23)25-15(2)21(24)18-13-22-19-11-7-6-10-17(18)19/h3-13,15,22H,1-2H3. The van der Waals surface area contributed by atoms with Gasteiger partial charge in [-0.3, -0.25) is 4.79 Å². The first-order chi connectivity index (χ1) is 12.1. The van der Waals surface area contributed by atoms with Gasteiger partial charge in [-0.1, -0.05) is 48.5 Å². The van der Waals surface area contributed by atoms with Crippen molar-refractivity contribution in [2.45, 2.75) is 20.0 Å². The molecule has 0 spiro atoms. The monoisotopic (exact) mass is 333 g/mol. The van der Waals surface area contributed by atoms with Crippen LogP contribution in [-0.4, -0.2) is 22.8 Å². The van der Waals surface area contributed by atoms with Crippen LogP contribution < -0.4 is 0 Å². The topological polar surface area (TPSA) is 59.2 Å². The molecule has 126 valence electrons. The Morgan fingerprint density at radius 2 is 1.72 bits per heavy atom. The van der Waals surface area contributed by atoms with Crippen LogP contribution in [0.15, 0.2) is 66.9 Å². The average Bonchev–Trinajstić information content (AvgIpc) is 3.05. The summed E-state index contributed by atoms with van der Waals surface area (Å²) in [5, 5.41) is 0.825. The Kier molecular flexibility index (Phi) is 4.80. The molecule has 1 heterocycles. The summed E-state index contributed by atoms with van der Waals surface area (Å²) in [7, 11) is 0. The molecule has 0 bridgehead atoms. The predicted octanol–water partition coefficient (Wildman–Crippen LogP) is 4.39. The molecule has 0 saturated heterocycles. The number of ketones is 1. The fourth-order valence-corrected chi connectivity index (χ4v) is 2.72. The molecule has 1 atom stereocenters. The van der Waals surface area contributed by atoms with Gasteiger partial charge in [-0.25, -0.2) is 4.79 Å². The van der Waals surface area contributed by atoms with E-state index in [1.165, 1.54) is 6.08 Å².